The second-order valence-corrected chi connectivity index (χ2v) is 4.33. The van der Waals surface area contributed by atoms with E-state index in [0.29, 0.717) is 5.56 Å². The summed E-state index contributed by atoms with van der Waals surface area (Å²) in [6.07, 6.45) is 1.89. The van der Waals surface area contributed by atoms with Crippen molar-refractivity contribution in [1.29, 1.82) is 0 Å². The van der Waals surface area contributed by atoms with Gasteiger partial charge in [-0.1, -0.05) is 18.2 Å². The van der Waals surface area contributed by atoms with Gasteiger partial charge in [-0.2, -0.15) is 0 Å². The van der Waals surface area contributed by atoms with Crippen LogP contribution in [0.1, 0.15) is 35.7 Å². The molecule has 0 heterocycles. The monoisotopic (exact) mass is 248 g/mol. The van der Waals surface area contributed by atoms with E-state index in [1.807, 2.05) is 6.07 Å². The van der Waals surface area contributed by atoms with Gasteiger partial charge < -0.3 is 9.47 Å². The number of rotatable bonds is 5. The average molecular weight is 248 g/mol. The second kappa shape index (κ2) is 4.90. The Morgan fingerprint density at radius 3 is 2.61 bits per heavy atom. The van der Waals surface area contributed by atoms with E-state index in [-0.39, 0.29) is 12.2 Å². The molecule has 1 aromatic carbocycles. The van der Waals surface area contributed by atoms with Crippen molar-refractivity contribution in [2.24, 2.45) is 0 Å². The molecule has 0 aromatic heterocycles. The lowest BCUT2D eigenvalue weighted by molar-refractivity contribution is -0.137. The lowest BCUT2D eigenvalue weighted by Gasteiger charge is -2.14. The molecule has 0 N–H and O–H groups in total. The molecule has 96 valence electrons. The summed E-state index contributed by atoms with van der Waals surface area (Å²) in [6.45, 7) is 1.87. The molecule has 2 rings (SSSR count). The standard InChI is InChI=1S/C14H16O4/c1-3-18-13(16)12(15)10-5-4-6-11(9-10)14(17-2)7-8-14/h4-6,9H,3,7-8H2,1-2H3. The molecule has 1 aliphatic rings. The van der Waals surface area contributed by atoms with Gasteiger partial charge >= 0.3 is 5.97 Å². The molecule has 0 bridgehead atoms. The minimum Gasteiger partial charge on any atom is -0.460 e. The van der Waals surface area contributed by atoms with Crippen molar-refractivity contribution in [3.8, 4) is 0 Å². The first kappa shape index (κ1) is 12.8. The SMILES string of the molecule is CCOC(=O)C(=O)c1cccc(C2(OC)CC2)c1. The lowest BCUT2D eigenvalue weighted by atomic mass is 10.0. The fraction of sp³-hybridized carbons (Fsp3) is 0.429. The zero-order valence-electron chi connectivity index (χ0n) is 10.6. The van der Waals surface area contributed by atoms with E-state index in [1.54, 1.807) is 32.2 Å². The summed E-state index contributed by atoms with van der Waals surface area (Å²) in [5.74, 6) is -1.41. The fourth-order valence-corrected chi connectivity index (χ4v) is 1.98. The van der Waals surface area contributed by atoms with E-state index in [4.69, 9.17) is 9.47 Å². The fourth-order valence-electron chi connectivity index (χ4n) is 1.98. The van der Waals surface area contributed by atoms with Gasteiger partial charge in [0.15, 0.2) is 0 Å². The molecule has 4 heteroatoms. The van der Waals surface area contributed by atoms with Crippen LogP contribution in [-0.2, 0) is 19.9 Å². The van der Waals surface area contributed by atoms with E-state index in [9.17, 15) is 9.59 Å². The van der Waals surface area contributed by atoms with Crippen LogP contribution < -0.4 is 0 Å². The highest BCUT2D eigenvalue weighted by Gasteiger charge is 2.44. The highest BCUT2D eigenvalue weighted by atomic mass is 16.5. The molecule has 1 aliphatic carbocycles. The van der Waals surface area contributed by atoms with Gasteiger partial charge in [0.1, 0.15) is 0 Å². The number of Topliss-reactive ketones (excluding diaryl/α,β-unsaturated/α-hetero) is 1. The maximum atomic E-state index is 11.8. The van der Waals surface area contributed by atoms with E-state index in [1.165, 1.54) is 0 Å². The number of ketones is 1. The molecule has 0 atom stereocenters. The van der Waals surface area contributed by atoms with Crippen LogP contribution in [-0.4, -0.2) is 25.5 Å². The Hall–Kier alpha value is -1.68. The number of hydrogen-bond acceptors (Lipinski definition) is 4. The van der Waals surface area contributed by atoms with Crippen molar-refractivity contribution >= 4 is 11.8 Å². The predicted octanol–water partition coefficient (Wildman–Crippen LogP) is 2.07. The van der Waals surface area contributed by atoms with Crippen molar-refractivity contribution in [1.82, 2.24) is 0 Å². The van der Waals surface area contributed by atoms with Crippen molar-refractivity contribution < 1.29 is 19.1 Å². The van der Waals surface area contributed by atoms with Crippen LogP contribution in [0.4, 0.5) is 0 Å². The predicted molar refractivity (Wildman–Crippen MR) is 65.3 cm³/mol. The summed E-state index contributed by atoms with van der Waals surface area (Å²) >= 11 is 0. The largest absolute Gasteiger partial charge is 0.460 e. The zero-order valence-corrected chi connectivity index (χ0v) is 10.6. The van der Waals surface area contributed by atoms with Crippen LogP contribution in [0, 0.1) is 0 Å². The Morgan fingerprint density at radius 2 is 2.06 bits per heavy atom. The molecular formula is C14H16O4. The summed E-state index contributed by atoms with van der Waals surface area (Å²) in [5, 5.41) is 0. The summed E-state index contributed by atoms with van der Waals surface area (Å²) < 4.78 is 10.2. The first-order chi connectivity index (χ1) is 8.63. The van der Waals surface area contributed by atoms with Gasteiger partial charge in [0.2, 0.25) is 0 Å². The minimum atomic E-state index is -0.808. The molecule has 0 radical (unpaired) electrons. The normalized spacial score (nSPS) is 16.1. The summed E-state index contributed by atoms with van der Waals surface area (Å²) in [4.78, 5) is 23.2. The van der Waals surface area contributed by atoms with Crippen molar-refractivity contribution in [3.05, 3.63) is 35.4 Å². The lowest BCUT2D eigenvalue weighted by Crippen LogP contribution is -2.18. The smallest absolute Gasteiger partial charge is 0.379 e. The molecule has 0 saturated heterocycles. The number of carbonyl (C=O) groups is 2. The Labute approximate surface area is 106 Å². The van der Waals surface area contributed by atoms with Gasteiger partial charge in [-0.05, 0) is 31.4 Å². The number of carbonyl (C=O) groups excluding carboxylic acids is 2. The van der Waals surface area contributed by atoms with Gasteiger partial charge in [0, 0.05) is 12.7 Å². The van der Waals surface area contributed by atoms with Gasteiger partial charge in [-0.25, -0.2) is 4.79 Å². The van der Waals surface area contributed by atoms with Crippen LogP contribution in [0.5, 0.6) is 0 Å². The quantitative estimate of drug-likeness (QED) is 0.455. The average Bonchev–Trinajstić information content (AvgIpc) is 3.19. The summed E-state index contributed by atoms with van der Waals surface area (Å²) in [5.41, 5.74) is 1.04. The highest BCUT2D eigenvalue weighted by Crippen LogP contribution is 2.48. The minimum absolute atomic E-state index is 0.201. The first-order valence-electron chi connectivity index (χ1n) is 6.00. The van der Waals surface area contributed by atoms with Gasteiger partial charge in [0.05, 0.1) is 12.2 Å². The van der Waals surface area contributed by atoms with E-state index >= 15 is 0 Å². The third kappa shape index (κ3) is 2.29. The number of hydrogen-bond donors (Lipinski definition) is 0. The zero-order chi connectivity index (χ0) is 13.2. The topological polar surface area (TPSA) is 52.6 Å². The van der Waals surface area contributed by atoms with Gasteiger partial charge in [-0.15, -0.1) is 0 Å². The third-order valence-electron chi connectivity index (χ3n) is 3.21. The van der Waals surface area contributed by atoms with E-state index in [0.717, 1.165) is 18.4 Å². The van der Waals surface area contributed by atoms with Crippen molar-refractivity contribution in [2.45, 2.75) is 25.4 Å². The molecular weight excluding hydrogens is 232 g/mol. The molecule has 0 spiro atoms. The number of esters is 1. The second-order valence-electron chi connectivity index (χ2n) is 4.33. The highest BCUT2D eigenvalue weighted by molar-refractivity contribution is 6.40. The molecule has 1 saturated carbocycles. The first-order valence-corrected chi connectivity index (χ1v) is 6.00. The molecule has 0 aliphatic heterocycles. The van der Waals surface area contributed by atoms with Crippen molar-refractivity contribution in [3.63, 3.8) is 0 Å². The maximum Gasteiger partial charge on any atom is 0.379 e. The van der Waals surface area contributed by atoms with E-state index < -0.39 is 11.8 Å². The summed E-state index contributed by atoms with van der Waals surface area (Å²) in [6, 6.07) is 7.02. The number of methoxy groups -OCH3 is 1. The summed E-state index contributed by atoms with van der Waals surface area (Å²) in [7, 11) is 1.66. The molecule has 4 nitrogen and oxygen atoms in total. The van der Waals surface area contributed by atoms with Gasteiger partial charge in [-0.3, -0.25) is 4.79 Å². The van der Waals surface area contributed by atoms with E-state index in [2.05, 4.69) is 0 Å². The number of benzene rings is 1. The number of ether oxygens (including phenoxy) is 2. The van der Waals surface area contributed by atoms with Crippen LogP contribution >= 0.6 is 0 Å². The van der Waals surface area contributed by atoms with Crippen molar-refractivity contribution in [2.75, 3.05) is 13.7 Å². The molecule has 1 aromatic rings. The van der Waals surface area contributed by atoms with Gasteiger partial charge in [0.25, 0.3) is 5.78 Å². The molecule has 18 heavy (non-hydrogen) atoms. The van der Waals surface area contributed by atoms with Crippen LogP contribution in [0.25, 0.3) is 0 Å². The molecule has 0 amide bonds. The Morgan fingerprint density at radius 1 is 1.33 bits per heavy atom. The third-order valence-corrected chi connectivity index (χ3v) is 3.21. The maximum absolute atomic E-state index is 11.8. The molecule has 1 fully saturated rings. The molecule has 0 unspecified atom stereocenters. The van der Waals surface area contributed by atoms with Crippen LogP contribution in [0.2, 0.25) is 0 Å². The Balaban J connectivity index is 2.22. The Bertz CT molecular complexity index is 474. The Kier molecular flexibility index (Phi) is 3.48. The van der Waals surface area contributed by atoms with Crippen LogP contribution in [0.3, 0.4) is 0 Å². The van der Waals surface area contributed by atoms with Crippen LogP contribution in [0.15, 0.2) is 24.3 Å².